The summed E-state index contributed by atoms with van der Waals surface area (Å²) in [6.07, 6.45) is 6.69. The van der Waals surface area contributed by atoms with Gasteiger partial charge in [0.15, 0.2) is 0 Å². The van der Waals surface area contributed by atoms with Gasteiger partial charge in [0.25, 0.3) is 0 Å². The van der Waals surface area contributed by atoms with Crippen molar-refractivity contribution >= 4 is 0 Å². The molecule has 1 saturated carbocycles. The predicted octanol–water partition coefficient (Wildman–Crippen LogP) is 1.88. The smallest absolute Gasteiger partial charge is 0.0593 e. The summed E-state index contributed by atoms with van der Waals surface area (Å²) in [5.74, 6) is 0.919. The minimum atomic E-state index is 0.884. The van der Waals surface area contributed by atoms with E-state index in [2.05, 4.69) is 17.1 Å². The highest BCUT2D eigenvalue weighted by molar-refractivity contribution is 4.86. The Morgan fingerprint density at radius 1 is 1.12 bits per heavy atom. The van der Waals surface area contributed by atoms with Crippen molar-refractivity contribution < 1.29 is 4.74 Å². The van der Waals surface area contributed by atoms with E-state index in [0.29, 0.717) is 0 Å². The molecule has 17 heavy (non-hydrogen) atoms. The van der Waals surface area contributed by atoms with Gasteiger partial charge in [-0.25, -0.2) is 0 Å². The maximum Gasteiger partial charge on any atom is 0.0593 e. The quantitative estimate of drug-likeness (QED) is 0.656. The van der Waals surface area contributed by atoms with E-state index in [4.69, 9.17) is 4.74 Å². The zero-order valence-electron chi connectivity index (χ0n) is 11.3. The maximum absolute atomic E-state index is 5.63. The van der Waals surface area contributed by atoms with Crippen LogP contribution in [0.5, 0.6) is 0 Å². The van der Waals surface area contributed by atoms with E-state index < -0.39 is 0 Å². The normalized spacial score (nSPS) is 22.2. The summed E-state index contributed by atoms with van der Waals surface area (Å²) in [4.78, 5) is 2.69. The largest absolute Gasteiger partial charge is 0.380 e. The zero-order valence-corrected chi connectivity index (χ0v) is 11.3. The Hall–Kier alpha value is -0.120. The number of hydrogen-bond acceptors (Lipinski definition) is 3. The Morgan fingerprint density at radius 3 is 2.53 bits per heavy atom. The van der Waals surface area contributed by atoms with E-state index >= 15 is 0 Å². The first kappa shape index (κ1) is 13.3. The molecule has 100 valence electrons. The van der Waals surface area contributed by atoms with Crippen LogP contribution in [0.3, 0.4) is 0 Å². The minimum absolute atomic E-state index is 0.884. The minimum Gasteiger partial charge on any atom is -0.380 e. The van der Waals surface area contributed by atoms with Crippen molar-refractivity contribution in [2.24, 2.45) is 5.92 Å². The van der Waals surface area contributed by atoms with Crippen LogP contribution in [0.15, 0.2) is 0 Å². The lowest BCUT2D eigenvalue weighted by molar-refractivity contribution is 0.0917. The molecule has 0 unspecified atom stereocenters. The zero-order chi connectivity index (χ0) is 11.9. The lowest BCUT2D eigenvalue weighted by Gasteiger charge is -2.30. The summed E-state index contributed by atoms with van der Waals surface area (Å²) >= 11 is 0. The summed E-state index contributed by atoms with van der Waals surface area (Å²) < 4.78 is 5.63. The van der Waals surface area contributed by atoms with Crippen LogP contribution in [0, 0.1) is 5.92 Å². The molecule has 0 amide bonds. The van der Waals surface area contributed by atoms with Crippen LogP contribution in [0.1, 0.15) is 39.0 Å². The Morgan fingerprint density at radius 2 is 1.88 bits per heavy atom. The van der Waals surface area contributed by atoms with Gasteiger partial charge in [0, 0.05) is 25.7 Å². The average Bonchev–Trinajstić information content (AvgIpc) is 3.19. The van der Waals surface area contributed by atoms with Gasteiger partial charge in [-0.05, 0) is 51.1 Å². The summed E-state index contributed by atoms with van der Waals surface area (Å²) in [6, 6.07) is 0.884. The molecule has 1 aliphatic carbocycles. The molecule has 3 nitrogen and oxygen atoms in total. The second kappa shape index (κ2) is 7.34. The van der Waals surface area contributed by atoms with Crippen molar-refractivity contribution in [1.82, 2.24) is 10.2 Å². The third-order valence-electron chi connectivity index (χ3n) is 3.89. The molecule has 0 bridgehead atoms. The van der Waals surface area contributed by atoms with E-state index in [9.17, 15) is 0 Å². The Kier molecular flexibility index (Phi) is 5.75. The summed E-state index contributed by atoms with van der Waals surface area (Å²) in [7, 11) is 0. The SMILES string of the molecule is CCCOCCN(CC1CCNCC1)C1CC1. The fourth-order valence-electron chi connectivity index (χ4n) is 2.69. The van der Waals surface area contributed by atoms with Crippen molar-refractivity contribution in [3.63, 3.8) is 0 Å². The van der Waals surface area contributed by atoms with Crippen LogP contribution in [-0.4, -0.2) is 50.3 Å². The van der Waals surface area contributed by atoms with Gasteiger partial charge in [-0.1, -0.05) is 6.92 Å². The van der Waals surface area contributed by atoms with E-state index in [0.717, 1.165) is 38.1 Å². The van der Waals surface area contributed by atoms with E-state index in [1.54, 1.807) is 0 Å². The van der Waals surface area contributed by atoms with Crippen LogP contribution < -0.4 is 5.32 Å². The third-order valence-corrected chi connectivity index (χ3v) is 3.89. The average molecular weight is 240 g/mol. The number of ether oxygens (including phenoxy) is 1. The summed E-state index contributed by atoms with van der Waals surface area (Å²) in [5, 5.41) is 3.45. The second-order valence-electron chi connectivity index (χ2n) is 5.53. The Bertz CT molecular complexity index is 200. The second-order valence-corrected chi connectivity index (χ2v) is 5.53. The van der Waals surface area contributed by atoms with Crippen molar-refractivity contribution in [2.45, 2.75) is 45.1 Å². The van der Waals surface area contributed by atoms with E-state index in [-0.39, 0.29) is 0 Å². The molecule has 0 aromatic heterocycles. The van der Waals surface area contributed by atoms with E-state index in [1.807, 2.05) is 0 Å². The van der Waals surface area contributed by atoms with Crippen LogP contribution in [0.25, 0.3) is 0 Å². The Balaban J connectivity index is 1.65. The van der Waals surface area contributed by atoms with E-state index in [1.165, 1.54) is 45.3 Å². The first-order chi connectivity index (χ1) is 8.40. The van der Waals surface area contributed by atoms with Crippen molar-refractivity contribution in [1.29, 1.82) is 0 Å². The van der Waals surface area contributed by atoms with Gasteiger partial charge in [-0.15, -0.1) is 0 Å². The predicted molar refractivity (Wildman–Crippen MR) is 71.3 cm³/mol. The number of nitrogens with zero attached hydrogens (tertiary/aromatic N) is 1. The molecule has 0 spiro atoms. The molecule has 1 saturated heterocycles. The van der Waals surface area contributed by atoms with Gasteiger partial charge in [0.05, 0.1) is 6.61 Å². The molecule has 0 aromatic rings. The molecule has 1 N–H and O–H groups in total. The van der Waals surface area contributed by atoms with Gasteiger partial charge in [-0.2, -0.15) is 0 Å². The molecule has 1 aliphatic heterocycles. The third kappa shape index (κ3) is 4.94. The fourth-order valence-corrected chi connectivity index (χ4v) is 2.69. The number of rotatable bonds is 8. The highest BCUT2D eigenvalue weighted by Crippen LogP contribution is 2.28. The van der Waals surface area contributed by atoms with Crippen LogP contribution in [0.2, 0.25) is 0 Å². The molecule has 0 atom stereocenters. The summed E-state index contributed by atoms with van der Waals surface area (Å²) in [6.45, 7) is 8.91. The monoisotopic (exact) mass is 240 g/mol. The van der Waals surface area contributed by atoms with Gasteiger partial charge < -0.3 is 10.1 Å². The molecule has 0 aromatic carbocycles. The van der Waals surface area contributed by atoms with Crippen molar-refractivity contribution in [3.8, 4) is 0 Å². The van der Waals surface area contributed by atoms with Gasteiger partial charge in [0.2, 0.25) is 0 Å². The van der Waals surface area contributed by atoms with Crippen molar-refractivity contribution in [3.05, 3.63) is 0 Å². The number of hydrogen-bond donors (Lipinski definition) is 1. The molecule has 2 aliphatic rings. The molecule has 1 heterocycles. The lowest BCUT2D eigenvalue weighted by atomic mass is 9.97. The van der Waals surface area contributed by atoms with Gasteiger partial charge in [-0.3, -0.25) is 4.90 Å². The molecule has 2 fully saturated rings. The van der Waals surface area contributed by atoms with Gasteiger partial charge >= 0.3 is 0 Å². The van der Waals surface area contributed by atoms with Crippen LogP contribution in [0.4, 0.5) is 0 Å². The first-order valence-corrected chi connectivity index (χ1v) is 7.42. The highest BCUT2D eigenvalue weighted by atomic mass is 16.5. The molecular formula is C14H28N2O. The topological polar surface area (TPSA) is 24.5 Å². The van der Waals surface area contributed by atoms with Crippen LogP contribution >= 0.6 is 0 Å². The fraction of sp³-hybridized carbons (Fsp3) is 1.00. The number of piperidine rings is 1. The van der Waals surface area contributed by atoms with Crippen LogP contribution in [-0.2, 0) is 4.74 Å². The van der Waals surface area contributed by atoms with Gasteiger partial charge in [0.1, 0.15) is 0 Å². The standard InChI is InChI=1S/C14H28N2O/c1-2-10-17-11-9-16(14-3-4-14)12-13-5-7-15-8-6-13/h13-15H,2-12H2,1H3. The molecule has 2 rings (SSSR count). The first-order valence-electron chi connectivity index (χ1n) is 7.42. The maximum atomic E-state index is 5.63. The molecule has 0 radical (unpaired) electrons. The highest BCUT2D eigenvalue weighted by Gasteiger charge is 2.30. The summed E-state index contributed by atoms with van der Waals surface area (Å²) in [5.41, 5.74) is 0. The van der Waals surface area contributed by atoms with Crippen molar-refractivity contribution in [2.75, 3.05) is 39.4 Å². The molecule has 3 heteroatoms. The number of nitrogens with one attached hydrogen (secondary N) is 1. The lowest BCUT2D eigenvalue weighted by Crippen LogP contribution is -2.38. The Labute approximate surface area is 106 Å². The molecular weight excluding hydrogens is 212 g/mol.